The molecule has 2 aliphatic rings. The largest absolute Gasteiger partial charge is 0.474 e. The van der Waals surface area contributed by atoms with E-state index in [4.69, 9.17) is 9.72 Å². The zero-order valence-corrected chi connectivity index (χ0v) is 12.2. The molecule has 1 aliphatic heterocycles. The topological polar surface area (TPSA) is 41.2 Å². The average molecular weight is 283 g/mol. The third-order valence-electron chi connectivity index (χ3n) is 4.47. The van der Waals surface area contributed by atoms with E-state index in [2.05, 4.69) is 34.3 Å². The first kappa shape index (κ1) is 12.7. The highest BCUT2D eigenvalue weighted by atomic mass is 16.5. The summed E-state index contributed by atoms with van der Waals surface area (Å²) >= 11 is 0. The number of nitrogens with one attached hydrogen (secondary N) is 1. The molecule has 4 heteroatoms. The fourth-order valence-corrected chi connectivity index (χ4v) is 3.31. The maximum absolute atomic E-state index is 6.04. The summed E-state index contributed by atoms with van der Waals surface area (Å²) in [6.07, 6.45) is 12.9. The lowest BCUT2D eigenvalue weighted by molar-refractivity contribution is 0.202. The highest BCUT2D eigenvalue weighted by Crippen LogP contribution is 2.29. The number of fused-ring (bicyclic) bond motifs is 1. The predicted octanol–water partition coefficient (Wildman–Crippen LogP) is 3.65. The molecule has 1 N–H and O–H groups in total. The Morgan fingerprint density at radius 2 is 2.10 bits per heavy atom. The van der Waals surface area contributed by atoms with Crippen LogP contribution >= 0.6 is 0 Å². The molecule has 0 saturated heterocycles. The van der Waals surface area contributed by atoms with Crippen LogP contribution in [0.1, 0.15) is 32.1 Å². The van der Waals surface area contributed by atoms with Crippen LogP contribution in [0.5, 0.6) is 5.88 Å². The molecule has 3 heterocycles. The van der Waals surface area contributed by atoms with Crippen LogP contribution in [0.2, 0.25) is 0 Å². The van der Waals surface area contributed by atoms with Crippen molar-refractivity contribution >= 4 is 16.7 Å². The number of nitrogens with zero attached hydrogens (tertiary/aromatic N) is 2. The monoisotopic (exact) mass is 283 g/mol. The maximum Gasteiger partial charge on any atom is 0.214 e. The van der Waals surface area contributed by atoms with Gasteiger partial charge in [-0.1, -0.05) is 12.2 Å². The Hall–Kier alpha value is -1.97. The van der Waals surface area contributed by atoms with Crippen LogP contribution in [0.3, 0.4) is 0 Å². The summed E-state index contributed by atoms with van der Waals surface area (Å²) in [6.45, 7) is 2.02. The van der Waals surface area contributed by atoms with Crippen molar-refractivity contribution in [2.24, 2.45) is 0 Å². The second-order valence-electron chi connectivity index (χ2n) is 5.95. The van der Waals surface area contributed by atoms with E-state index in [9.17, 15) is 0 Å². The Balaban J connectivity index is 1.63. The molecular formula is C17H21N3O. The van der Waals surface area contributed by atoms with Crippen molar-refractivity contribution < 1.29 is 4.74 Å². The fourth-order valence-electron chi connectivity index (χ4n) is 3.31. The smallest absolute Gasteiger partial charge is 0.214 e. The summed E-state index contributed by atoms with van der Waals surface area (Å²) in [4.78, 5) is 10.4. The van der Waals surface area contributed by atoms with E-state index in [0.29, 0.717) is 6.10 Å². The lowest BCUT2D eigenvalue weighted by Gasteiger charge is -2.24. The Kier molecular flexibility index (Phi) is 3.30. The number of pyridine rings is 1. The van der Waals surface area contributed by atoms with Gasteiger partial charge in [0.25, 0.3) is 0 Å². The van der Waals surface area contributed by atoms with Crippen LogP contribution in [0.15, 0.2) is 30.5 Å². The second-order valence-corrected chi connectivity index (χ2v) is 5.95. The number of aromatic nitrogens is 2. The van der Waals surface area contributed by atoms with Crippen LogP contribution in [0, 0.1) is 0 Å². The molecule has 110 valence electrons. The van der Waals surface area contributed by atoms with Gasteiger partial charge in [0, 0.05) is 25.4 Å². The van der Waals surface area contributed by atoms with Crippen molar-refractivity contribution in [3.63, 3.8) is 0 Å². The minimum absolute atomic E-state index is 0.357. The van der Waals surface area contributed by atoms with E-state index in [0.717, 1.165) is 49.3 Å². The molecule has 2 aromatic heterocycles. The van der Waals surface area contributed by atoms with E-state index in [1.54, 1.807) is 0 Å². The highest BCUT2D eigenvalue weighted by Gasteiger charge is 2.18. The minimum atomic E-state index is 0.357. The summed E-state index contributed by atoms with van der Waals surface area (Å²) < 4.78 is 6.04. The predicted molar refractivity (Wildman–Crippen MR) is 84.9 cm³/mol. The van der Waals surface area contributed by atoms with Crippen LogP contribution in [0.25, 0.3) is 11.0 Å². The highest BCUT2D eigenvalue weighted by molar-refractivity contribution is 5.89. The molecule has 0 unspecified atom stereocenters. The number of hydrogen-bond donors (Lipinski definition) is 1. The second kappa shape index (κ2) is 5.43. The van der Waals surface area contributed by atoms with Gasteiger partial charge in [0.05, 0.1) is 11.2 Å². The van der Waals surface area contributed by atoms with E-state index in [1.807, 2.05) is 6.07 Å². The van der Waals surface area contributed by atoms with Crippen LogP contribution < -0.4 is 9.64 Å². The standard InChI is InChI=1S/C17H21N3O/c1-4-10-20(11-5-1)15-12-18-14-8-9-16(19-17(14)15)21-13-6-2-3-7-13/h1,4,8-9,12-13,18H,2-3,5-7,10-11H2. The number of rotatable bonds is 3. The zero-order chi connectivity index (χ0) is 14.1. The SMILES string of the molecule is C1=CCN(c2c[nH]c3ccc(OC4CCCC4)nc23)CC1. The minimum Gasteiger partial charge on any atom is -0.474 e. The Labute approximate surface area is 124 Å². The molecule has 0 bridgehead atoms. The normalized spacial score (nSPS) is 19.5. The third kappa shape index (κ3) is 2.50. The van der Waals surface area contributed by atoms with E-state index in [1.165, 1.54) is 18.5 Å². The van der Waals surface area contributed by atoms with Gasteiger partial charge in [-0.15, -0.1) is 0 Å². The quantitative estimate of drug-likeness (QED) is 0.874. The van der Waals surface area contributed by atoms with Crippen molar-refractivity contribution in [1.82, 2.24) is 9.97 Å². The van der Waals surface area contributed by atoms with Crippen LogP contribution in [-0.4, -0.2) is 29.2 Å². The summed E-state index contributed by atoms with van der Waals surface area (Å²) in [6, 6.07) is 4.06. The Bertz CT molecular complexity index is 655. The van der Waals surface area contributed by atoms with Crippen LogP contribution in [-0.2, 0) is 0 Å². The van der Waals surface area contributed by atoms with Crippen molar-refractivity contribution in [3.8, 4) is 5.88 Å². The molecule has 4 rings (SSSR count). The number of hydrogen-bond acceptors (Lipinski definition) is 3. The fraction of sp³-hybridized carbons (Fsp3) is 0.471. The van der Waals surface area contributed by atoms with Gasteiger partial charge < -0.3 is 14.6 Å². The van der Waals surface area contributed by atoms with Gasteiger partial charge in [0.2, 0.25) is 5.88 Å². The van der Waals surface area contributed by atoms with Crippen molar-refractivity contribution in [2.75, 3.05) is 18.0 Å². The average Bonchev–Trinajstić information content (AvgIpc) is 3.17. The lowest BCUT2D eigenvalue weighted by Crippen LogP contribution is -2.26. The van der Waals surface area contributed by atoms with E-state index in [-0.39, 0.29) is 0 Å². The number of aromatic amines is 1. The molecule has 0 spiro atoms. The van der Waals surface area contributed by atoms with Gasteiger partial charge in [0.1, 0.15) is 11.6 Å². The maximum atomic E-state index is 6.04. The van der Waals surface area contributed by atoms with Crippen molar-refractivity contribution in [1.29, 1.82) is 0 Å². The van der Waals surface area contributed by atoms with E-state index >= 15 is 0 Å². The molecule has 1 saturated carbocycles. The molecule has 0 aromatic carbocycles. The first-order chi connectivity index (χ1) is 10.4. The van der Waals surface area contributed by atoms with Gasteiger partial charge in [-0.2, -0.15) is 0 Å². The Morgan fingerprint density at radius 3 is 2.90 bits per heavy atom. The summed E-state index contributed by atoms with van der Waals surface area (Å²) in [7, 11) is 0. The lowest BCUT2D eigenvalue weighted by atomic mass is 10.2. The molecular weight excluding hydrogens is 262 g/mol. The summed E-state index contributed by atoms with van der Waals surface area (Å²) in [5, 5.41) is 0. The molecule has 1 aliphatic carbocycles. The summed E-state index contributed by atoms with van der Waals surface area (Å²) in [5.41, 5.74) is 3.30. The van der Waals surface area contributed by atoms with Gasteiger partial charge in [-0.05, 0) is 38.2 Å². The number of anilines is 1. The van der Waals surface area contributed by atoms with Crippen LogP contribution in [0.4, 0.5) is 5.69 Å². The van der Waals surface area contributed by atoms with Gasteiger partial charge in [-0.3, -0.25) is 0 Å². The van der Waals surface area contributed by atoms with Crippen molar-refractivity contribution in [3.05, 3.63) is 30.5 Å². The molecule has 2 aromatic rings. The molecule has 1 fully saturated rings. The van der Waals surface area contributed by atoms with Gasteiger partial charge in [0.15, 0.2) is 0 Å². The van der Waals surface area contributed by atoms with Gasteiger partial charge in [-0.25, -0.2) is 4.98 Å². The van der Waals surface area contributed by atoms with Gasteiger partial charge >= 0.3 is 0 Å². The third-order valence-corrected chi connectivity index (χ3v) is 4.47. The molecule has 4 nitrogen and oxygen atoms in total. The molecule has 0 amide bonds. The first-order valence-corrected chi connectivity index (χ1v) is 7.95. The molecule has 0 atom stereocenters. The number of H-pyrrole nitrogens is 1. The van der Waals surface area contributed by atoms with Crippen molar-refractivity contribution in [2.45, 2.75) is 38.2 Å². The molecule has 21 heavy (non-hydrogen) atoms. The summed E-state index contributed by atoms with van der Waals surface area (Å²) in [5.74, 6) is 0.766. The van der Waals surface area contributed by atoms with E-state index < -0.39 is 0 Å². The number of ether oxygens (including phenoxy) is 1. The zero-order valence-electron chi connectivity index (χ0n) is 12.2. The Morgan fingerprint density at radius 1 is 1.19 bits per heavy atom. The first-order valence-electron chi connectivity index (χ1n) is 7.95. The molecule has 0 radical (unpaired) electrons.